The first-order valence-electron chi connectivity index (χ1n) is 4.48. The quantitative estimate of drug-likeness (QED) is 0.546. The molecule has 0 aliphatic rings. The van der Waals surface area contributed by atoms with Crippen molar-refractivity contribution >= 4 is 29.6 Å². The highest BCUT2D eigenvalue weighted by atomic mass is 35.5. The summed E-state index contributed by atoms with van der Waals surface area (Å²) in [6, 6.07) is 2.87. The predicted octanol–water partition coefficient (Wildman–Crippen LogP) is -0.238. The second-order valence-electron chi connectivity index (χ2n) is 3.13. The van der Waals surface area contributed by atoms with E-state index in [1.807, 2.05) is 0 Å². The van der Waals surface area contributed by atoms with Crippen LogP contribution in [0, 0.1) is 0 Å². The number of hydrogen-bond donors (Lipinski definition) is 0. The number of halogens is 1. The zero-order valence-corrected chi connectivity index (χ0v) is 9.48. The molecule has 0 amide bonds. The third kappa shape index (κ3) is 3.81. The smallest absolute Gasteiger partial charge is 0.193 e. The van der Waals surface area contributed by atoms with Gasteiger partial charge in [0.05, 0.1) is 11.9 Å². The standard InChI is InChI=1S/C11H9ClO5/c1-6(4-10(13)14)8(11(15)16)5-7-2-3-9(12)17-7/h2-5H,1H3,(H,13,14)(H,15,16)/p-2/b6-4+,8-5-. The summed E-state index contributed by atoms with van der Waals surface area (Å²) in [4.78, 5) is 21.1. The number of carboxylic acid groups (broad SMARTS) is 2. The third-order valence-electron chi connectivity index (χ3n) is 1.86. The highest BCUT2D eigenvalue weighted by molar-refractivity contribution is 6.28. The fourth-order valence-electron chi connectivity index (χ4n) is 1.14. The van der Waals surface area contributed by atoms with Gasteiger partial charge in [-0.05, 0) is 48.4 Å². The molecule has 0 unspecified atom stereocenters. The molecule has 0 fully saturated rings. The van der Waals surface area contributed by atoms with Crippen LogP contribution in [0.4, 0.5) is 0 Å². The first kappa shape index (κ1) is 13.1. The number of furan rings is 1. The lowest BCUT2D eigenvalue weighted by Crippen LogP contribution is -2.26. The van der Waals surface area contributed by atoms with Gasteiger partial charge in [0.15, 0.2) is 5.22 Å². The van der Waals surface area contributed by atoms with Gasteiger partial charge in [-0.2, -0.15) is 0 Å². The average Bonchev–Trinajstić information content (AvgIpc) is 2.58. The Balaban J connectivity index is 3.14. The van der Waals surface area contributed by atoms with Gasteiger partial charge in [-0.15, -0.1) is 0 Å². The van der Waals surface area contributed by atoms with E-state index in [9.17, 15) is 19.8 Å². The first-order chi connectivity index (χ1) is 7.90. The zero-order chi connectivity index (χ0) is 13.0. The lowest BCUT2D eigenvalue weighted by Gasteiger charge is -2.09. The van der Waals surface area contributed by atoms with E-state index in [2.05, 4.69) is 0 Å². The molecule has 5 nitrogen and oxygen atoms in total. The van der Waals surface area contributed by atoms with E-state index in [4.69, 9.17) is 16.0 Å². The Morgan fingerprint density at radius 1 is 1.35 bits per heavy atom. The van der Waals surface area contributed by atoms with Gasteiger partial charge in [0.25, 0.3) is 0 Å². The summed E-state index contributed by atoms with van der Waals surface area (Å²) in [5, 5.41) is 21.2. The van der Waals surface area contributed by atoms with Crippen LogP contribution in [0.25, 0.3) is 6.08 Å². The SMILES string of the molecule is CC(=C\C(=O)[O-])/C(=C/c1ccc(Cl)o1)C(=O)[O-]. The van der Waals surface area contributed by atoms with Crippen molar-refractivity contribution < 1.29 is 24.2 Å². The molecule has 0 spiro atoms. The van der Waals surface area contributed by atoms with Gasteiger partial charge in [-0.1, -0.05) is 0 Å². The van der Waals surface area contributed by atoms with Gasteiger partial charge < -0.3 is 24.2 Å². The average molecular weight is 255 g/mol. The number of carboxylic acids is 2. The fourth-order valence-corrected chi connectivity index (χ4v) is 1.29. The van der Waals surface area contributed by atoms with Crippen molar-refractivity contribution in [3.05, 3.63) is 40.3 Å². The van der Waals surface area contributed by atoms with Crippen molar-refractivity contribution in [2.75, 3.05) is 0 Å². The van der Waals surface area contributed by atoms with E-state index in [1.165, 1.54) is 19.1 Å². The molecule has 1 aromatic heterocycles. The van der Waals surface area contributed by atoms with E-state index >= 15 is 0 Å². The van der Waals surface area contributed by atoms with Gasteiger partial charge >= 0.3 is 0 Å². The summed E-state index contributed by atoms with van der Waals surface area (Å²) in [5.41, 5.74) is -0.335. The number of hydrogen-bond acceptors (Lipinski definition) is 5. The minimum Gasteiger partial charge on any atom is -0.545 e. The van der Waals surface area contributed by atoms with Crippen LogP contribution in [0.3, 0.4) is 0 Å². The second kappa shape index (κ2) is 5.36. The van der Waals surface area contributed by atoms with Gasteiger partial charge in [0.2, 0.25) is 0 Å². The van der Waals surface area contributed by atoms with Crippen molar-refractivity contribution in [3.63, 3.8) is 0 Å². The number of aliphatic carboxylic acids is 2. The number of carbonyl (C=O) groups is 2. The van der Waals surface area contributed by atoms with E-state index in [0.29, 0.717) is 6.08 Å². The molecule has 0 aromatic carbocycles. The minimum absolute atomic E-state index is 0.0162. The maximum Gasteiger partial charge on any atom is 0.193 e. The summed E-state index contributed by atoms with van der Waals surface area (Å²) in [5.74, 6) is -2.83. The van der Waals surface area contributed by atoms with Crippen molar-refractivity contribution in [3.8, 4) is 0 Å². The second-order valence-corrected chi connectivity index (χ2v) is 3.51. The maximum absolute atomic E-state index is 10.8. The highest BCUT2D eigenvalue weighted by Gasteiger charge is 2.04. The molecule has 0 bridgehead atoms. The van der Waals surface area contributed by atoms with E-state index in [0.717, 1.165) is 6.08 Å². The monoisotopic (exact) mass is 254 g/mol. The lowest BCUT2D eigenvalue weighted by atomic mass is 10.1. The molecule has 0 N–H and O–H groups in total. The molecule has 1 heterocycles. The predicted molar refractivity (Wildman–Crippen MR) is 55.5 cm³/mol. The number of carbonyl (C=O) groups excluding carboxylic acids is 2. The Morgan fingerprint density at radius 2 is 2.00 bits per heavy atom. The summed E-state index contributed by atoms with van der Waals surface area (Å²) in [6.45, 7) is 1.31. The Morgan fingerprint density at radius 3 is 2.41 bits per heavy atom. The molecule has 0 aliphatic heterocycles. The van der Waals surface area contributed by atoms with E-state index < -0.39 is 11.9 Å². The van der Waals surface area contributed by atoms with Crippen LogP contribution in [-0.4, -0.2) is 11.9 Å². The zero-order valence-electron chi connectivity index (χ0n) is 8.73. The van der Waals surface area contributed by atoms with E-state index in [1.54, 1.807) is 0 Å². The summed E-state index contributed by atoms with van der Waals surface area (Å²) in [6.07, 6.45) is 1.78. The topological polar surface area (TPSA) is 93.4 Å². The van der Waals surface area contributed by atoms with Gasteiger partial charge in [0.1, 0.15) is 5.76 Å². The summed E-state index contributed by atoms with van der Waals surface area (Å²) in [7, 11) is 0. The van der Waals surface area contributed by atoms with Crippen LogP contribution in [0.2, 0.25) is 5.22 Å². The Kier molecular flexibility index (Phi) is 4.12. The summed E-state index contributed by atoms with van der Waals surface area (Å²) < 4.78 is 4.93. The molecule has 1 aromatic rings. The fraction of sp³-hybridized carbons (Fsp3) is 0.0909. The van der Waals surface area contributed by atoms with Crippen molar-refractivity contribution in [1.29, 1.82) is 0 Å². The molecule has 17 heavy (non-hydrogen) atoms. The van der Waals surface area contributed by atoms with Gasteiger partial charge in [-0.3, -0.25) is 0 Å². The Hall–Kier alpha value is -2.01. The molecule has 0 saturated heterocycles. The van der Waals surface area contributed by atoms with E-state index in [-0.39, 0.29) is 22.1 Å². The van der Waals surface area contributed by atoms with Crippen LogP contribution < -0.4 is 10.2 Å². The van der Waals surface area contributed by atoms with Crippen molar-refractivity contribution in [2.24, 2.45) is 0 Å². The largest absolute Gasteiger partial charge is 0.545 e. The van der Waals surface area contributed by atoms with Crippen molar-refractivity contribution in [2.45, 2.75) is 6.92 Å². The highest BCUT2D eigenvalue weighted by Crippen LogP contribution is 2.18. The molecule has 0 radical (unpaired) electrons. The van der Waals surface area contributed by atoms with Crippen molar-refractivity contribution in [1.82, 2.24) is 0 Å². The molecule has 6 heteroatoms. The van der Waals surface area contributed by atoms with Gasteiger partial charge in [-0.25, -0.2) is 0 Å². The summed E-state index contributed by atoms with van der Waals surface area (Å²) >= 11 is 5.51. The molecule has 0 saturated carbocycles. The molecular formula is C11H7ClO5-2. The minimum atomic E-state index is -1.52. The maximum atomic E-state index is 10.8. The first-order valence-corrected chi connectivity index (χ1v) is 4.86. The Bertz CT molecular complexity index is 510. The molecular weight excluding hydrogens is 248 g/mol. The number of rotatable bonds is 4. The Labute approximate surface area is 102 Å². The van der Waals surface area contributed by atoms with Crippen LogP contribution >= 0.6 is 11.6 Å². The molecule has 90 valence electrons. The normalized spacial score (nSPS) is 12.6. The molecule has 0 aliphatic carbocycles. The van der Waals surface area contributed by atoms with Crippen LogP contribution in [0.15, 0.2) is 33.8 Å². The van der Waals surface area contributed by atoms with Crippen LogP contribution in [0.1, 0.15) is 12.7 Å². The van der Waals surface area contributed by atoms with Crippen LogP contribution in [-0.2, 0) is 9.59 Å². The lowest BCUT2D eigenvalue weighted by molar-refractivity contribution is -0.298. The van der Waals surface area contributed by atoms with Gasteiger partial charge in [0, 0.05) is 5.57 Å². The third-order valence-corrected chi connectivity index (χ3v) is 2.06. The van der Waals surface area contributed by atoms with Crippen LogP contribution in [0.5, 0.6) is 0 Å². The molecule has 0 atom stereocenters. The molecule has 1 rings (SSSR count).